The molecule has 1 N–H and O–H groups in total. The van der Waals surface area contributed by atoms with Crippen LogP contribution in [0.15, 0.2) is 78.0 Å². The quantitative estimate of drug-likeness (QED) is 0.270. The van der Waals surface area contributed by atoms with Gasteiger partial charge in [0, 0.05) is 45.2 Å². The number of nitrogens with one attached hydrogen (secondary N) is 1. The van der Waals surface area contributed by atoms with Crippen molar-refractivity contribution in [3.8, 4) is 0 Å². The SMILES string of the molecule is CCOC(=O)C1=C(C)N(Cc2ccc(C(=O)NCCc3ccc(Cl)cc3Cl)cc2)C(=O)CC1c1cccc(Cl)c1. The van der Waals surface area contributed by atoms with Crippen molar-refractivity contribution in [2.24, 2.45) is 0 Å². The zero-order valence-electron chi connectivity index (χ0n) is 22.2. The van der Waals surface area contributed by atoms with Gasteiger partial charge < -0.3 is 15.0 Å². The summed E-state index contributed by atoms with van der Waals surface area (Å²) in [6, 6.07) is 19.5. The number of benzene rings is 3. The molecular formula is C31H29Cl3N2O4. The first-order valence-corrected chi connectivity index (χ1v) is 14.1. The number of nitrogens with zero attached hydrogens (tertiary/aromatic N) is 1. The fourth-order valence-electron chi connectivity index (χ4n) is 4.77. The fraction of sp³-hybridized carbons (Fsp3) is 0.258. The zero-order chi connectivity index (χ0) is 28.8. The van der Waals surface area contributed by atoms with E-state index in [1.54, 1.807) is 73.3 Å². The predicted octanol–water partition coefficient (Wildman–Crippen LogP) is 6.97. The third kappa shape index (κ3) is 7.05. The van der Waals surface area contributed by atoms with Gasteiger partial charge in [-0.25, -0.2) is 4.79 Å². The molecule has 40 heavy (non-hydrogen) atoms. The number of rotatable bonds is 9. The van der Waals surface area contributed by atoms with E-state index in [2.05, 4.69) is 5.32 Å². The van der Waals surface area contributed by atoms with Crippen LogP contribution in [0.5, 0.6) is 0 Å². The minimum atomic E-state index is -0.450. The molecule has 0 aliphatic carbocycles. The predicted molar refractivity (Wildman–Crippen MR) is 158 cm³/mol. The molecule has 0 fully saturated rings. The summed E-state index contributed by atoms with van der Waals surface area (Å²) in [5, 5.41) is 4.55. The summed E-state index contributed by atoms with van der Waals surface area (Å²) in [6.07, 6.45) is 0.686. The van der Waals surface area contributed by atoms with E-state index < -0.39 is 11.9 Å². The van der Waals surface area contributed by atoms with Crippen molar-refractivity contribution in [1.29, 1.82) is 0 Å². The average Bonchev–Trinajstić information content (AvgIpc) is 2.92. The Morgan fingerprint density at radius 3 is 2.40 bits per heavy atom. The van der Waals surface area contributed by atoms with Crippen LogP contribution in [-0.4, -0.2) is 35.8 Å². The van der Waals surface area contributed by atoms with Gasteiger partial charge >= 0.3 is 5.97 Å². The lowest BCUT2D eigenvalue weighted by molar-refractivity contribution is -0.140. The smallest absolute Gasteiger partial charge is 0.336 e. The molecule has 0 saturated carbocycles. The lowest BCUT2D eigenvalue weighted by Gasteiger charge is -2.34. The Bertz CT molecular complexity index is 1450. The number of hydrogen-bond donors (Lipinski definition) is 1. The van der Waals surface area contributed by atoms with Crippen molar-refractivity contribution in [1.82, 2.24) is 10.2 Å². The molecule has 1 aliphatic rings. The van der Waals surface area contributed by atoms with Crippen LogP contribution in [0.25, 0.3) is 0 Å². The largest absolute Gasteiger partial charge is 0.463 e. The maximum atomic E-state index is 13.3. The number of halogens is 3. The highest BCUT2D eigenvalue weighted by atomic mass is 35.5. The summed E-state index contributed by atoms with van der Waals surface area (Å²) in [4.78, 5) is 40.5. The highest BCUT2D eigenvalue weighted by Gasteiger charge is 2.37. The molecule has 6 nitrogen and oxygen atoms in total. The molecule has 1 unspecified atom stereocenters. The normalized spacial score (nSPS) is 15.3. The first-order valence-electron chi connectivity index (χ1n) is 12.9. The summed E-state index contributed by atoms with van der Waals surface area (Å²) in [7, 11) is 0. The summed E-state index contributed by atoms with van der Waals surface area (Å²) in [5.74, 6) is -1.22. The zero-order valence-corrected chi connectivity index (χ0v) is 24.4. The summed E-state index contributed by atoms with van der Waals surface area (Å²) >= 11 is 18.3. The van der Waals surface area contributed by atoms with E-state index >= 15 is 0 Å². The number of ether oxygens (including phenoxy) is 1. The second kappa shape index (κ2) is 13.4. The third-order valence-electron chi connectivity index (χ3n) is 6.82. The van der Waals surface area contributed by atoms with Crippen molar-refractivity contribution in [2.45, 2.75) is 39.2 Å². The van der Waals surface area contributed by atoms with Crippen LogP contribution in [0.4, 0.5) is 0 Å². The standard InChI is InChI=1S/C31H29Cl3N2O4/c1-3-40-31(39)29-19(2)36(28(37)17-26(29)23-5-4-6-24(32)15-23)18-20-7-9-22(10-8-20)30(38)35-14-13-21-11-12-25(33)16-27(21)34/h4-12,15-16,26H,3,13-14,17-18H2,1-2H3,(H,35,38). The molecular weight excluding hydrogens is 571 g/mol. The minimum absolute atomic E-state index is 0.113. The van der Waals surface area contributed by atoms with E-state index in [9.17, 15) is 14.4 Å². The minimum Gasteiger partial charge on any atom is -0.463 e. The van der Waals surface area contributed by atoms with Gasteiger partial charge in [0.25, 0.3) is 5.91 Å². The van der Waals surface area contributed by atoms with Crippen LogP contribution in [0.3, 0.4) is 0 Å². The first-order chi connectivity index (χ1) is 19.2. The summed E-state index contributed by atoms with van der Waals surface area (Å²) in [6.45, 7) is 4.40. The van der Waals surface area contributed by atoms with E-state index in [-0.39, 0.29) is 31.4 Å². The Hall–Kier alpha value is -3.32. The Morgan fingerprint density at radius 1 is 1.00 bits per heavy atom. The van der Waals surface area contributed by atoms with Gasteiger partial charge in [-0.05, 0) is 73.4 Å². The first kappa shape index (κ1) is 29.7. The van der Waals surface area contributed by atoms with E-state index in [1.165, 1.54) is 0 Å². The molecule has 3 aromatic rings. The van der Waals surface area contributed by atoms with Crippen molar-refractivity contribution >= 4 is 52.6 Å². The van der Waals surface area contributed by atoms with Crippen LogP contribution in [0.2, 0.25) is 15.1 Å². The fourth-order valence-corrected chi connectivity index (χ4v) is 5.47. The third-order valence-corrected chi connectivity index (χ3v) is 7.64. The summed E-state index contributed by atoms with van der Waals surface area (Å²) < 4.78 is 5.36. The molecule has 1 atom stereocenters. The second-order valence-electron chi connectivity index (χ2n) is 9.45. The number of carbonyl (C=O) groups excluding carboxylic acids is 3. The molecule has 9 heteroatoms. The average molecular weight is 600 g/mol. The van der Waals surface area contributed by atoms with Gasteiger partial charge in [-0.3, -0.25) is 9.59 Å². The molecule has 4 rings (SSSR count). The van der Waals surface area contributed by atoms with Gasteiger partial charge in [-0.1, -0.05) is 65.1 Å². The van der Waals surface area contributed by atoms with Crippen molar-refractivity contribution in [3.63, 3.8) is 0 Å². The molecule has 0 spiro atoms. The van der Waals surface area contributed by atoms with Gasteiger partial charge in [-0.15, -0.1) is 0 Å². The lowest BCUT2D eigenvalue weighted by Crippen LogP contribution is -2.38. The number of carbonyl (C=O) groups is 3. The van der Waals surface area contributed by atoms with Gasteiger partial charge in [0.05, 0.1) is 18.7 Å². The van der Waals surface area contributed by atoms with Crippen LogP contribution >= 0.6 is 34.8 Å². The molecule has 1 heterocycles. The molecule has 0 bridgehead atoms. The lowest BCUT2D eigenvalue weighted by atomic mass is 9.83. The Labute approximate surface area is 248 Å². The van der Waals surface area contributed by atoms with Crippen LogP contribution in [0.1, 0.15) is 53.2 Å². The van der Waals surface area contributed by atoms with Gasteiger partial charge in [0.1, 0.15) is 0 Å². The number of hydrogen-bond acceptors (Lipinski definition) is 4. The second-order valence-corrected chi connectivity index (χ2v) is 10.7. The highest BCUT2D eigenvalue weighted by Crippen LogP contribution is 2.38. The molecule has 0 aromatic heterocycles. The molecule has 208 valence electrons. The van der Waals surface area contributed by atoms with Crippen LogP contribution < -0.4 is 5.32 Å². The van der Waals surface area contributed by atoms with Gasteiger partial charge in [0.15, 0.2) is 0 Å². The van der Waals surface area contributed by atoms with Crippen LogP contribution in [-0.2, 0) is 27.3 Å². The molecule has 2 amide bonds. The van der Waals surface area contributed by atoms with Gasteiger partial charge in [0.2, 0.25) is 5.91 Å². The van der Waals surface area contributed by atoms with Crippen molar-refractivity contribution in [2.75, 3.05) is 13.2 Å². The van der Waals surface area contributed by atoms with E-state index in [1.807, 2.05) is 12.1 Å². The highest BCUT2D eigenvalue weighted by molar-refractivity contribution is 6.35. The van der Waals surface area contributed by atoms with Crippen molar-refractivity contribution < 1.29 is 19.1 Å². The van der Waals surface area contributed by atoms with E-state index in [0.29, 0.717) is 44.9 Å². The number of allylic oxidation sites excluding steroid dienone is 1. The summed E-state index contributed by atoms with van der Waals surface area (Å²) in [5.41, 5.74) is 3.99. The maximum Gasteiger partial charge on any atom is 0.336 e. The maximum absolute atomic E-state index is 13.3. The van der Waals surface area contributed by atoms with Gasteiger partial charge in [-0.2, -0.15) is 0 Å². The van der Waals surface area contributed by atoms with E-state index in [4.69, 9.17) is 39.5 Å². The molecule has 1 aliphatic heterocycles. The number of amides is 2. The Morgan fingerprint density at radius 2 is 1.73 bits per heavy atom. The molecule has 0 saturated heterocycles. The molecule has 0 radical (unpaired) electrons. The topological polar surface area (TPSA) is 75.7 Å². The molecule has 3 aromatic carbocycles. The number of esters is 1. The van der Waals surface area contributed by atoms with Crippen molar-refractivity contribution in [3.05, 3.63) is 115 Å². The van der Waals surface area contributed by atoms with Crippen LogP contribution in [0, 0.1) is 0 Å². The monoisotopic (exact) mass is 598 g/mol. The Balaban J connectivity index is 1.46. The Kier molecular flexibility index (Phi) is 9.90. The van der Waals surface area contributed by atoms with E-state index in [0.717, 1.165) is 16.7 Å².